The largest absolute Gasteiger partial charge is 0.481 e. The number of hydrogen-bond donors (Lipinski definition) is 2. The second-order valence-corrected chi connectivity index (χ2v) is 9.32. The lowest BCUT2D eigenvalue weighted by Crippen LogP contribution is -2.43. The van der Waals surface area contributed by atoms with E-state index in [1.54, 1.807) is 0 Å². The maximum atomic E-state index is 11.0. The normalized spacial score (nSPS) is 14.6. The van der Waals surface area contributed by atoms with E-state index < -0.39 is 5.97 Å². The average Bonchev–Trinajstić information content (AvgIpc) is 2.63. The molecule has 0 aromatic heterocycles. The number of hydrogen-bond acceptors (Lipinski definition) is 3. The number of ether oxygens (including phenoxy) is 1. The Kier molecular flexibility index (Phi) is 17.9. The van der Waals surface area contributed by atoms with Gasteiger partial charge in [0.15, 0.2) is 0 Å². The van der Waals surface area contributed by atoms with Crippen molar-refractivity contribution < 1.29 is 24.2 Å². The lowest BCUT2D eigenvalue weighted by molar-refractivity contribution is -0.873. The van der Waals surface area contributed by atoms with Crippen LogP contribution < -0.4 is 0 Å². The molecule has 0 bridgehead atoms. The van der Waals surface area contributed by atoms with Gasteiger partial charge in [-0.1, -0.05) is 56.9 Å². The van der Waals surface area contributed by atoms with Gasteiger partial charge in [0.05, 0.1) is 33.7 Å². The number of aliphatic hydroxyl groups is 1. The minimum absolute atomic E-state index is 0.00772. The van der Waals surface area contributed by atoms with E-state index in [0.29, 0.717) is 24.1 Å². The van der Waals surface area contributed by atoms with Crippen LogP contribution in [0.2, 0.25) is 0 Å². The first kappa shape index (κ1) is 28.8. The number of aliphatic carboxylic acids is 1. The van der Waals surface area contributed by atoms with Gasteiger partial charge in [0.1, 0.15) is 12.6 Å². The second-order valence-electron chi connectivity index (χ2n) is 9.32. The number of likely N-dealkylation sites (N-methyl/N-ethyl adjacent to an activating group) is 1. The van der Waals surface area contributed by atoms with Crippen LogP contribution in [0.25, 0.3) is 0 Å². The summed E-state index contributed by atoms with van der Waals surface area (Å²) in [5, 5.41) is 19.2. The van der Waals surface area contributed by atoms with Crippen LogP contribution in [0.15, 0.2) is 24.3 Å². The van der Waals surface area contributed by atoms with Gasteiger partial charge in [-0.05, 0) is 44.9 Å². The van der Waals surface area contributed by atoms with E-state index in [0.717, 1.165) is 38.5 Å². The molecule has 0 saturated carbocycles. The van der Waals surface area contributed by atoms with E-state index in [1.807, 2.05) is 21.1 Å². The van der Waals surface area contributed by atoms with E-state index in [9.17, 15) is 9.90 Å². The highest BCUT2D eigenvalue weighted by Crippen LogP contribution is 2.11. The maximum absolute atomic E-state index is 11.0. The van der Waals surface area contributed by atoms with Crippen LogP contribution in [-0.2, 0) is 9.53 Å². The molecule has 176 valence electrons. The summed E-state index contributed by atoms with van der Waals surface area (Å²) >= 11 is 0. The van der Waals surface area contributed by atoms with Gasteiger partial charge in [-0.25, -0.2) is 0 Å². The molecule has 5 nitrogen and oxygen atoms in total. The average molecular weight is 427 g/mol. The van der Waals surface area contributed by atoms with Crippen molar-refractivity contribution in [2.75, 3.05) is 34.3 Å². The highest BCUT2D eigenvalue weighted by atomic mass is 16.5. The third kappa shape index (κ3) is 21.5. The van der Waals surface area contributed by atoms with Crippen LogP contribution in [-0.4, -0.2) is 67.2 Å². The number of carbonyl (C=O) groups is 1. The van der Waals surface area contributed by atoms with Crippen molar-refractivity contribution in [2.45, 2.75) is 96.2 Å². The highest BCUT2D eigenvalue weighted by Gasteiger charge is 2.21. The molecule has 0 aliphatic carbocycles. The van der Waals surface area contributed by atoms with Crippen LogP contribution >= 0.6 is 0 Å². The van der Waals surface area contributed by atoms with E-state index in [-0.39, 0.29) is 18.6 Å². The quantitative estimate of drug-likeness (QED) is 0.157. The number of nitrogens with zero attached hydrogens (tertiary/aromatic N) is 1. The van der Waals surface area contributed by atoms with Crippen molar-refractivity contribution in [3.05, 3.63) is 24.3 Å². The van der Waals surface area contributed by atoms with Crippen molar-refractivity contribution >= 4 is 5.97 Å². The second kappa shape index (κ2) is 18.6. The van der Waals surface area contributed by atoms with E-state index in [2.05, 4.69) is 31.2 Å². The Balaban J connectivity index is 3.71. The fraction of sp³-hybridized carbons (Fsp3) is 0.800. The van der Waals surface area contributed by atoms with Gasteiger partial charge in [0.2, 0.25) is 0 Å². The molecule has 0 amide bonds. The zero-order chi connectivity index (χ0) is 22.7. The van der Waals surface area contributed by atoms with E-state index >= 15 is 0 Å². The molecule has 0 spiro atoms. The fourth-order valence-corrected chi connectivity index (χ4v) is 3.33. The molecular weight excluding hydrogens is 378 g/mol. The topological polar surface area (TPSA) is 66.8 Å². The predicted molar refractivity (Wildman–Crippen MR) is 126 cm³/mol. The Labute approximate surface area is 185 Å². The summed E-state index contributed by atoms with van der Waals surface area (Å²) in [6, 6.07) is 0. The molecule has 0 radical (unpaired) electrons. The number of unbranched alkanes of at least 4 members (excludes halogenated alkanes) is 6. The molecule has 0 rings (SSSR count). The maximum Gasteiger partial charge on any atom is 0.306 e. The highest BCUT2D eigenvalue weighted by molar-refractivity contribution is 5.67. The summed E-state index contributed by atoms with van der Waals surface area (Å²) in [5.41, 5.74) is 0. The molecule has 0 fully saturated rings. The van der Waals surface area contributed by atoms with Crippen LogP contribution in [0.5, 0.6) is 0 Å². The lowest BCUT2D eigenvalue weighted by atomic mass is 10.1. The minimum Gasteiger partial charge on any atom is -0.481 e. The van der Waals surface area contributed by atoms with E-state index in [4.69, 9.17) is 9.84 Å². The third-order valence-electron chi connectivity index (χ3n) is 4.95. The summed E-state index contributed by atoms with van der Waals surface area (Å²) < 4.78 is 6.40. The molecule has 0 aliphatic rings. The number of quaternary nitrogens is 1. The molecule has 2 atom stereocenters. The predicted octanol–water partition coefficient (Wildman–Crippen LogP) is 5.34. The van der Waals surface area contributed by atoms with Crippen molar-refractivity contribution in [1.82, 2.24) is 0 Å². The van der Waals surface area contributed by atoms with Gasteiger partial charge in [0.25, 0.3) is 0 Å². The van der Waals surface area contributed by atoms with Crippen LogP contribution in [0.3, 0.4) is 0 Å². The zero-order valence-electron chi connectivity index (χ0n) is 20.0. The first-order chi connectivity index (χ1) is 14.2. The third-order valence-corrected chi connectivity index (χ3v) is 4.95. The van der Waals surface area contributed by atoms with E-state index in [1.165, 1.54) is 25.7 Å². The van der Waals surface area contributed by atoms with Crippen molar-refractivity contribution in [1.29, 1.82) is 0 Å². The zero-order valence-corrected chi connectivity index (χ0v) is 20.0. The Bertz CT molecular complexity index is 468. The standard InChI is InChI=1S/C25H47NO4/c1-5-6-7-8-9-10-11-12-13-14-15-16-17-18-23(27)19-20-30-24(21-25(28)29)22-26(2,3)4/h9-10,12-13,23-24,27H,5-8,11,14-22H2,1-4H3/p+1/b10-9-,13-12-. The first-order valence-corrected chi connectivity index (χ1v) is 11.9. The Hall–Kier alpha value is -1.17. The summed E-state index contributed by atoms with van der Waals surface area (Å²) in [6.45, 7) is 3.29. The van der Waals surface area contributed by atoms with Crippen molar-refractivity contribution in [3.8, 4) is 0 Å². The fourth-order valence-electron chi connectivity index (χ4n) is 3.33. The summed E-state index contributed by atoms with van der Waals surface area (Å²) in [5.74, 6) is -0.842. The van der Waals surface area contributed by atoms with Gasteiger partial charge in [-0.2, -0.15) is 0 Å². The number of rotatable bonds is 20. The van der Waals surface area contributed by atoms with Crippen molar-refractivity contribution in [2.24, 2.45) is 0 Å². The molecule has 5 heteroatoms. The van der Waals surface area contributed by atoms with Crippen LogP contribution in [0.4, 0.5) is 0 Å². The Morgan fingerprint density at radius 1 is 0.933 bits per heavy atom. The molecular formula is C25H48NO4+. The Morgan fingerprint density at radius 3 is 2.13 bits per heavy atom. The minimum atomic E-state index is -0.842. The van der Waals surface area contributed by atoms with Gasteiger partial charge in [-0.3, -0.25) is 4.79 Å². The number of carboxylic acid groups (broad SMARTS) is 1. The molecule has 0 saturated heterocycles. The smallest absolute Gasteiger partial charge is 0.306 e. The molecule has 2 N–H and O–H groups in total. The van der Waals surface area contributed by atoms with Gasteiger partial charge < -0.3 is 19.4 Å². The van der Waals surface area contributed by atoms with Gasteiger partial charge in [0, 0.05) is 6.61 Å². The monoisotopic (exact) mass is 426 g/mol. The SMILES string of the molecule is CCCCC/C=C\C/C=C\CCCCCC(O)CCOC(CC(=O)O)C[N+](C)(C)C. The summed E-state index contributed by atoms with van der Waals surface area (Å²) in [7, 11) is 6.06. The molecule has 0 aromatic rings. The number of aliphatic hydroxyl groups excluding tert-OH is 1. The first-order valence-electron chi connectivity index (χ1n) is 11.9. The van der Waals surface area contributed by atoms with Crippen molar-refractivity contribution in [3.63, 3.8) is 0 Å². The lowest BCUT2D eigenvalue weighted by Gasteiger charge is -2.28. The molecule has 0 aromatic carbocycles. The van der Waals surface area contributed by atoms with Gasteiger partial charge >= 0.3 is 5.97 Å². The Morgan fingerprint density at radius 2 is 1.57 bits per heavy atom. The molecule has 0 aliphatic heterocycles. The molecule has 0 heterocycles. The summed E-state index contributed by atoms with van der Waals surface area (Å²) in [6.07, 6.45) is 20.3. The molecule has 30 heavy (non-hydrogen) atoms. The summed E-state index contributed by atoms with van der Waals surface area (Å²) in [4.78, 5) is 11.0. The number of carboxylic acids is 1. The molecule has 2 unspecified atom stereocenters. The van der Waals surface area contributed by atoms with Gasteiger partial charge in [-0.15, -0.1) is 0 Å². The number of allylic oxidation sites excluding steroid dienone is 4. The van der Waals surface area contributed by atoms with Crippen LogP contribution in [0, 0.1) is 0 Å². The van der Waals surface area contributed by atoms with Crippen LogP contribution in [0.1, 0.15) is 84.0 Å².